The third kappa shape index (κ3) is 3.40. The fraction of sp³-hybridized carbons (Fsp3) is 0.429. The van der Waals surface area contributed by atoms with Crippen LogP contribution in [0.5, 0.6) is 5.75 Å². The average Bonchev–Trinajstić information content (AvgIpc) is 3.26. The summed E-state index contributed by atoms with van der Waals surface area (Å²) in [6, 6.07) is 4.55. The summed E-state index contributed by atoms with van der Waals surface area (Å²) < 4.78 is 5.33. The number of aromatic nitrogens is 2. The number of methoxy groups -OCH3 is 1. The Morgan fingerprint density at radius 1 is 1.30 bits per heavy atom. The van der Waals surface area contributed by atoms with E-state index in [9.17, 15) is 14.7 Å². The number of carboxylic acids is 1. The van der Waals surface area contributed by atoms with Crippen molar-refractivity contribution >= 4 is 35.0 Å². The zero-order chi connectivity index (χ0) is 21.4. The van der Waals surface area contributed by atoms with Gasteiger partial charge in [-0.15, -0.1) is 0 Å². The van der Waals surface area contributed by atoms with Gasteiger partial charge in [0.15, 0.2) is 5.82 Å². The molecule has 2 heterocycles. The normalized spacial score (nSPS) is 19.0. The number of amides is 1. The number of carboxylic acid groups (broad SMARTS) is 1. The Balaban J connectivity index is 1.71. The smallest absolute Gasteiger partial charge is 0.335 e. The first-order valence-electron chi connectivity index (χ1n) is 10.0. The molecule has 0 bridgehead atoms. The van der Waals surface area contributed by atoms with Crippen LogP contribution in [0.1, 0.15) is 43.0 Å². The van der Waals surface area contributed by atoms with Crippen LogP contribution in [-0.2, 0) is 4.79 Å². The Bertz CT molecular complexity index is 989. The number of benzene rings is 1. The average molecular weight is 411 g/mol. The van der Waals surface area contributed by atoms with Gasteiger partial charge in [-0.1, -0.05) is 12.8 Å². The van der Waals surface area contributed by atoms with E-state index in [-0.39, 0.29) is 23.6 Å². The van der Waals surface area contributed by atoms with Gasteiger partial charge in [0.05, 0.1) is 24.6 Å². The van der Waals surface area contributed by atoms with E-state index >= 15 is 0 Å². The summed E-state index contributed by atoms with van der Waals surface area (Å²) in [5.74, 6) is 0.469. The van der Waals surface area contributed by atoms with Crippen molar-refractivity contribution in [2.24, 2.45) is 0 Å². The maximum Gasteiger partial charge on any atom is 0.335 e. The van der Waals surface area contributed by atoms with E-state index in [1.54, 1.807) is 24.2 Å². The van der Waals surface area contributed by atoms with E-state index < -0.39 is 5.97 Å². The first kappa shape index (κ1) is 19.9. The van der Waals surface area contributed by atoms with E-state index in [4.69, 9.17) is 9.72 Å². The van der Waals surface area contributed by atoms with Crippen LogP contribution in [0.2, 0.25) is 0 Å². The maximum atomic E-state index is 12.7. The number of rotatable bonds is 5. The Morgan fingerprint density at radius 3 is 2.70 bits per heavy atom. The largest absolute Gasteiger partial charge is 0.495 e. The molecular weight excluding hydrogens is 386 g/mol. The second-order valence-corrected chi connectivity index (χ2v) is 7.67. The molecule has 2 aromatic rings. The standard InChI is InChI=1S/C21H25N5O4/c1-12-19(27)25(2)16-11-22-21(24-18(16)26(12)14-6-4-5-7-14)23-15-9-8-13(20(28)29)10-17(15)30-3/h8-12,14H,4-7H2,1-3H3,(H,28,29)(H,22,23,24)/t12-/m1/s1. The molecule has 30 heavy (non-hydrogen) atoms. The molecule has 0 radical (unpaired) electrons. The lowest BCUT2D eigenvalue weighted by molar-refractivity contribution is -0.119. The lowest BCUT2D eigenvalue weighted by atomic mass is 10.1. The van der Waals surface area contributed by atoms with Crippen LogP contribution in [0.3, 0.4) is 0 Å². The Labute approximate surface area is 174 Å². The number of aromatic carboxylic acids is 1. The fourth-order valence-electron chi connectivity index (χ4n) is 4.27. The van der Waals surface area contributed by atoms with Crippen molar-refractivity contribution in [3.63, 3.8) is 0 Å². The van der Waals surface area contributed by atoms with Crippen molar-refractivity contribution in [3.8, 4) is 5.75 Å². The minimum Gasteiger partial charge on any atom is -0.495 e. The molecule has 0 spiro atoms. The molecule has 1 fully saturated rings. The van der Waals surface area contributed by atoms with Crippen molar-refractivity contribution in [3.05, 3.63) is 30.0 Å². The zero-order valence-electron chi connectivity index (χ0n) is 17.3. The minimum absolute atomic E-state index is 0.0321. The SMILES string of the molecule is COc1cc(C(=O)O)ccc1Nc1ncc2c(n1)N(C1CCCC1)[C@H](C)C(=O)N2C. The molecule has 158 valence electrons. The van der Waals surface area contributed by atoms with Crippen LogP contribution < -0.4 is 19.9 Å². The molecular formula is C21H25N5O4. The quantitative estimate of drug-likeness (QED) is 0.773. The van der Waals surface area contributed by atoms with Gasteiger partial charge in [0.1, 0.15) is 17.5 Å². The Morgan fingerprint density at radius 2 is 2.03 bits per heavy atom. The van der Waals surface area contributed by atoms with Crippen molar-refractivity contribution in [2.45, 2.75) is 44.7 Å². The van der Waals surface area contributed by atoms with Gasteiger partial charge in [0, 0.05) is 13.1 Å². The van der Waals surface area contributed by atoms with Crippen molar-refractivity contribution < 1.29 is 19.4 Å². The van der Waals surface area contributed by atoms with Crippen molar-refractivity contribution in [2.75, 3.05) is 29.3 Å². The summed E-state index contributed by atoms with van der Waals surface area (Å²) in [6.45, 7) is 1.92. The number of fused-ring (bicyclic) bond motifs is 1. The molecule has 2 aliphatic rings. The number of ether oxygens (including phenoxy) is 1. The van der Waals surface area contributed by atoms with Gasteiger partial charge in [-0.05, 0) is 38.0 Å². The molecule has 1 aliphatic heterocycles. The molecule has 0 unspecified atom stereocenters. The number of carbonyl (C=O) groups excluding carboxylic acids is 1. The molecule has 4 rings (SSSR count). The highest BCUT2D eigenvalue weighted by Gasteiger charge is 2.39. The maximum absolute atomic E-state index is 12.7. The van der Waals surface area contributed by atoms with Crippen LogP contribution in [0, 0.1) is 0 Å². The summed E-state index contributed by atoms with van der Waals surface area (Å²) in [5.41, 5.74) is 1.37. The summed E-state index contributed by atoms with van der Waals surface area (Å²) in [7, 11) is 3.22. The molecule has 9 heteroatoms. The van der Waals surface area contributed by atoms with E-state index in [1.165, 1.54) is 19.2 Å². The first-order valence-corrected chi connectivity index (χ1v) is 10.0. The van der Waals surface area contributed by atoms with E-state index in [2.05, 4.69) is 15.2 Å². The molecule has 0 saturated heterocycles. The number of likely N-dealkylation sites (N-methyl/N-ethyl adjacent to an activating group) is 1. The molecule has 2 N–H and O–H groups in total. The lowest BCUT2D eigenvalue weighted by Gasteiger charge is -2.42. The number of anilines is 4. The fourth-order valence-corrected chi connectivity index (χ4v) is 4.27. The minimum atomic E-state index is -1.03. The van der Waals surface area contributed by atoms with Gasteiger partial charge in [0.25, 0.3) is 0 Å². The number of nitrogens with zero attached hydrogens (tertiary/aromatic N) is 4. The third-order valence-electron chi connectivity index (χ3n) is 5.87. The topological polar surface area (TPSA) is 108 Å². The van der Waals surface area contributed by atoms with Crippen molar-refractivity contribution in [1.29, 1.82) is 0 Å². The van der Waals surface area contributed by atoms with Crippen molar-refractivity contribution in [1.82, 2.24) is 9.97 Å². The van der Waals surface area contributed by atoms with E-state index in [1.807, 2.05) is 6.92 Å². The summed E-state index contributed by atoms with van der Waals surface area (Å²) in [6.07, 6.45) is 6.03. The highest BCUT2D eigenvalue weighted by molar-refractivity contribution is 6.04. The summed E-state index contributed by atoms with van der Waals surface area (Å²) in [4.78, 5) is 36.8. The zero-order valence-corrected chi connectivity index (χ0v) is 17.3. The molecule has 1 aromatic carbocycles. The third-order valence-corrected chi connectivity index (χ3v) is 5.87. The summed E-state index contributed by atoms with van der Waals surface area (Å²) in [5, 5.41) is 12.3. The second kappa shape index (κ2) is 7.81. The molecule has 1 aliphatic carbocycles. The van der Waals surface area contributed by atoms with Crippen LogP contribution in [0.15, 0.2) is 24.4 Å². The van der Waals surface area contributed by atoms with Gasteiger partial charge in [-0.3, -0.25) is 4.79 Å². The molecule has 1 amide bonds. The molecule has 9 nitrogen and oxygen atoms in total. The van der Waals surface area contributed by atoms with Crippen LogP contribution in [0.25, 0.3) is 0 Å². The van der Waals surface area contributed by atoms with E-state index in [0.717, 1.165) is 31.5 Å². The highest BCUT2D eigenvalue weighted by Crippen LogP contribution is 2.39. The van der Waals surface area contributed by atoms with Crippen LogP contribution in [-0.4, -0.2) is 53.2 Å². The number of carbonyl (C=O) groups is 2. The Hall–Kier alpha value is -3.36. The predicted molar refractivity (Wildman–Crippen MR) is 113 cm³/mol. The second-order valence-electron chi connectivity index (χ2n) is 7.67. The van der Waals surface area contributed by atoms with Gasteiger partial charge in [-0.25, -0.2) is 9.78 Å². The van der Waals surface area contributed by atoms with Crippen LogP contribution >= 0.6 is 0 Å². The van der Waals surface area contributed by atoms with Gasteiger partial charge < -0.3 is 25.0 Å². The molecule has 1 aromatic heterocycles. The highest BCUT2D eigenvalue weighted by atomic mass is 16.5. The number of nitrogens with one attached hydrogen (secondary N) is 1. The van der Waals surface area contributed by atoms with Gasteiger partial charge in [-0.2, -0.15) is 4.98 Å². The predicted octanol–water partition coefficient (Wildman–Crippen LogP) is 3.04. The lowest BCUT2D eigenvalue weighted by Crippen LogP contribution is -2.54. The Kier molecular flexibility index (Phi) is 5.19. The van der Waals surface area contributed by atoms with Crippen LogP contribution in [0.4, 0.5) is 23.1 Å². The summed E-state index contributed by atoms with van der Waals surface area (Å²) >= 11 is 0. The monoisotopic (exact) mass is 411 g/mol. The van der Waals surface area contributed by atoms with Gasteiger partial charge in [0.2, 0.25) is 11.9 Å². The van der Waals surface area contributed by atoms with E-state index in [0.29, 0.717) is 23.1 Å². The van der Waals surface area contributed by atoms with Gasteiger partial charge >= 0.3 is 5.97 Å². The number of hydrogen-bond acceptors (Lipinski definition) is 7. The molecule has 1 saturated carbocycles. The molecule has 1 atom stereocenters. The first-order chi connectivity index (χ1) is 14.4. The number of hydrogen-bond donors (Lipinski definition) is 2.